The van der Waals surface area contributed by atoms with E-state index in [1.165, 1.54) is 0 Å². The number of carbonyl (C=O) groups is 1. The summed E-state index contributed by atoms with van der Waals surface area (Å²) in [5, 5.41) is 0.674. The van der Waals surface area contributed by atoms with Gasteiger partial charge in [-0.2, -0.15) is 0 Å². The minimum atomic E-state index is -0.0722. The normalized spacial score (nSPS) is 10.2. The molecule has 0 aliphatic heterocycles. The van der Waals surface area contributed by atoms with Crippen LogP contribution in [0.5, 0.6) is 5.75 Å². The standard InChI is InChI=1S/C24H25ClN2O2.ClH/c25-21-13-11-19(12-14-21)17-27(16-6-15-26)24(28)22-9-4-5-10-23(22)29-18-20-7-2-1-3-8-20;/h1-5,7-14H,6,15-18,26H2;1H. The molecule has 0 fully saturated rings. The lowest BCUT2D eigenvalue weighted by Gasteiger charge is -2.24. The SMILES string of the molecule is Cl.NCCCN(Cc1ccc(Cl)cc1)C(=O)c1ccccc1OCc1ccccc1. The van der Waals surface area contributed by atoms with Crippen LogP contribution in [0.25, 0.3) is 0 Å². The molecule has 6 heteroatoms. The van der Waals surface area contributed by atoms with E-state index >= 15 is 0 Å². The van der Waals surface area contributed by atoms with Crippen molar-refractivity contribution in [2.45, 2.75) is 19.6 Å². The van der Waals surface area contributed by atoms with E-state index in [2.05, 4.69) is 0 Å². The Morgan fingerprint density at radius 1 is 0.900 bits per heavy atom. The van der Waals surface area contributed by atoms with E-state index < -0.39 is 0 Å². The molecule has 0 aliphatic carbocycles. The maximum atomic E-state index is 13.3. The van der Waals surface area contributed by atoms with Crippen molar-refractivity contribution in [1.29, 1.82) is 0 Å². The van der Waals surface area contributed by atoms with Crippen LogP contribution < -0.4 is 10.5 Å². The number of nitrogens with zero attached hydrogens (tertiary/aromatic N) is 1. The Bertz CT molecular complexity index is 918. The quantitative estimate of drug-likeness (QED) is 0.484. The molecule has 0 saturated carbocycles. The van der Waals surface area contributed by atoms with E-state index in [1.54, 1.807) is 11.0 Å². The summed E-state index contributed by atoms with van der Waals surface area (Å²) in [7, 11) is 0. The van der Waals surface area contributed by atoms with E-state index in [0.717, 1.165) is 17.5 Å². The predicted octanol–water partition coefficient (Wildman–Crippen LogP) is 5.33. The molecular weight excluding hydrogens is 419 g/mol. The summed E-state index contributed by atoms with van der Waals surface area (Å²) < 4.78 is 5.98. The number of carbonyl (C=O) groups excluding carboxylic acids is 1. The molecule has 3 aromatic carbocycles. The second kappa shape index (κ2) is 12.2. The molecule has 0 saturated heterocycles. The minimum Gasteiger partial charge on any atom is -0.488 e. The highest BCUT2D eigenvalue weighted by Gasteiger charge is 2.19. The summed E-state index contributed by atoms with van der Waals surface area (Å²) >= 11 is 5.98. The van der Waals surface area contributed by atoms with Gasteiger partial charge in [-0.05, 0) is 48.4 Å². The second-order valence-electron chi connectivity index (χ2n) is 6.77. The van der Waals surface area contributed by atoms with Crippen LogP contribution in [-0.4, -0.2) is 23.9 Å². The van der Waals surface area contributed by atoms with Gasteiger partial charge < -0.3 is 15.4 Å². The summed E-state index contributed by atoms with van der Waals surface area (Å²) in [6.45, 7) is 2.00. The summed E-state index contributed by atoms with van der Waals surface area (Å²) in [6.07, 6.45) is 0.729. The number of para-hydroxylation sites is 1. The lowest BCUT2D eigenvalue weighted by molar-refractivity contribution is 0.0737. The summed E-state index contributed by atoms with van der Waals surface area (Å²) in [5.41, 5.74) is 8.31. The highest BCUT2D eigenvalue weighted by atomic mass is 35.5. The fourth-order valence-corrected chi connectivity index (χ4v) is 3.15. The first kappa shape index (κ1) is 23.7. The molecule has 0 aromatic heterocycles. The van der Waals surface area contributed by atoms with Gasteiger partial charge in [0.15, 0.2) is 0 Å². The van der Waals surface area contributed by atoms with E-state index in [-0.39, 0.29) is 18.3 Å². The van der Waals surface area contributed by atoms with Gasteiger partial charge in [-0.15, -0.1) is 12.4 Å². The first-order chi connectivity index (χ1) is 14.2. The Morgan fingerprint density at radius 3 is 2.27 bits per heavy atom. The van der Waals surface area contributed by atoms with Gasteiger partial charge in [-0.3, -0.25) is 4.79 Å². The molecule has 0 unspecified atom stereocenters. The Balaban J connectivity index is 0.00000320. The average molecular weight is 445 g/mol. The number of hydrogen-bond donors (Lipinski definition) is 1. The molecule has 0 bridgehead atoms. The van der Waals surface area contributed by atoms with Gasteiger partial charge in [-0.25, -0.2) is 0 Å². The van der Waals surface area contributed by atoms with Crippen LogP contribution in [0.1, 0.15) is 27.9 Å². The van der Waals surface area contributed by atoms with Crippen molar-refractivity contribution in [3.05, 3.63) is 101 Å². The molecule has 4 nitrogen and oxygen atoms in total. The molecule has 0 aliphatic rings. The molecule has 0 heterocycles. The second-order valence-corrected chi connectivity index (χ2v) is 7.20. The van der Waals surface area contributed by atoms with Crippen molar-refractivity contribution >= 4 is 29.9 Å². The Labute approximate surface area is 189 Å². The van der Waals surface area contributed by atoms with Crippen LogP contribution in [0.3, 0.4) is 0 Å². The minimum absolute atomic E-state index is 0. The Kier molecular flexibility index (Phi) is 9.68. The summed E-state index contributed by atoms with van der Waals surface area (Å²) in [6, 6.07) is 24.8. The molecule has 1 amide bonds. The van der Waals surface area contributed by atoms with Crippen LogP contribution in [0.15, 0.2) is 78.9 Å². The van der Waals surface area contributed by atoms with Gasteiger partial charge >= 0.3 is 0 Å². The molecule has 158 valence electrons. The van der Waals surface area contributed by atoms with Gasteiger partial charge in [0.25, 0.3) is 5.91 Å². The van der Waals surface area contributed by atoms with Gasteiger partial charge in [0, 0.05) is 18.1 Å². The third-order valence-corrected chi connectivity index (χ3v) is 4.81. The zero-order valence-electron chi connectivity index (χ0n) is 16.7. The van der Waals surface area contributed by atoms with E-state index in [0.29, 0.717) is 42.6 Å². The molecule has 30 heavy (non-hydrogen) atoms. The topological polar surface area (TPSA) is 55.6 Å². The fourth-order valence-electron chi connectivity index (χ4n) is 3.02. The lowest BCUT2D eigenvalue weighted by Crippen LogP contribution is -2.32. The van der Waals surface area contributed by atoms with Crippen molar-refractivity contribution in [2.24, 2.45) is 5.73 Å². The smallest absolute Gasteiger partial charge is 0.257 e. The summed E-state index contributed by atoms with van der Waals surface area (Å²) in [5.74, 6) is 0.507. The summed E-state index contributed by atoms with van der Waals surface area (Å²) in [4.78, 5) is 15.1. The van der Waals surface area contributed by atoms with Gasteiger partial charge in [0.1, 0.15) is 12.4 Å². The van der Waals surface area contributed by atoms with E-state index in [4.69, 9.17) is 22.1 Å². The molecular formula is C24H26Cl2N2O2. The number of benzene rings is 3. The first-order valence-corrected chi connectivity index (χ1v) is 10.0. The van der Waals surface area contributed by atoms with Crippen LogP contribution in [0.4, 0.5) is 0 Å². The highest BCUT2D eigenvalue weighted by molar-refractivity contribution is 6.30. The lowest BCUT2D eigenvalue weighted by atomic mass is 10.1. The van der Waals surface area contributed by atoms with Crippen LogP contribution >= 0.6 is 24.0 Å². The number of halogens is 2. The fraction of sp³-hybridized carbons (Fsp3) is 0.208. The Hall–Kier alpha value is -2.53. The van der Waals surface area contributed by atoms with Gasteiger partial charge in [0.05, 0.1) is 5.56 Å². The number of nitrogens with two attached hydrogens (primary N) is 1. The number of hydrogen-bond acceptors (Lipinski definition) is 3. The van der Waals surface area contributed by atoms with E-state index in [1.807, 2.05) is 72.8 Å². The monoisotopic (exact) mass is 444 g/mol. The van der Waals surface area contributed by atoms with E-state index in [9.17, 15) is 4.79 Å². The third kappa shape index (κ3) is 6.77. The van der Waals surface area contributed by atoms with Crippen LogP contribution in [0, 0.1) is 0 Å². The van der Waals surface area contributed by atoms with Gasteiger partial charge in [-0.1, -0.05) is 66.2 Å². The van der Waals surface area contributed by atoms with Crippen LogP contribution in [-0.2, 0) is 13.2 Å². The maximum Gasteiger partial charge on any atom is 0.257 e. The molecule has 2 N–H and O–H groups in total. The highest BCUT2D eigenvalue weighted by Crippen LogP contribution is 2.23. The number of rotatable bonds is 9. The number of ether oxygens (including phenoxy) is 1. The largest absolute Gasteiger partial charge is 0.488 e. The van der Waals surface area contributed by atoms with Crippen LogP contribution in [0.2, 0.25) is 5.02 Å². The molecule has 3 rings (SSSR count). The van der Waals surface area contributed by atoms with Crippen molar-refractivity contribution in [1.82, 2.24) is 4.90 Å². The maximum absolute atomic E-state index is 13.3. The van der Waals surface area contributed by atoms with Crippen molar-refractivity contribution in [2.75, 3.05) is 13.1 Å². The predicted molar refractivity (Wildman–Crippen MR) is 124 cm³/mol. The molecule has 0 atom stereocenters. The average Bonchev–Trinajstić information content (AvgIpc) is 2.77. The zero-order chi connectivity index (χ0) is 20.5. The Morgan fingerprint density at radius 2 is 1.57 bits per heavy atom. The zero-order valence-corrected chi connectivity index (χ0v) is 18.2. The van der Waals surface area contributed by atoms with Crippen molar-refractivity contribution < 1.29 is 9.53 Å². The first-order valence-electron chi connectivity index (χ1n) is 9.67. The van der Waals surface area contributed by atoms with Gasteiger partial charge in [0.2, 0.25) is 0 Å². The third-order valence-electron chi connectivity index (χ3n) is 4.56. The molecule has 3 aromatic rings. The number of amides is 1. The molecule has 0 radical (unpaired) electrons. The van der Waals surface area contributed by atoms with Crippen molar-refractivity contribution in [3.63, 3.8) is 0 Å². The molecule has 0 spiro atoms. The van der Waals surface area contributed by atoms with Crippen molar-refractivity contribution in [3.8, 4) is 5.75 Å².